The Morgan fingerprint density at radius 2 is 1.90 bits per heavy atom. The second-order valence-corrected chi connectivity index (χ2v) is 5.02. The van der Waals surface area contributed by atoms with Crippen LogP contribution in [0.15, 0.2) is 48.5 Å². The predicted octanol–water partition coefficient (Wildman–Crippen LogP) is 3.33. The third kappa shape index (κ3) is 2.20. The van der Waals surface area contributed by atoms with Gasteiger partial charge in [-0.3, -0.25) is 0 Å². The zero-order chi connectivity index (χ0) is 14.1. The lowest BCUT2D eigenvalue weighted by Gasteiger charge is -2.14. The molecule has 3 rings (SSSR count). The monoisotopic (exact) mass is 266 g/mol. The molecule has 3 aromatic rings. The average Bonchev–Trinajstić information content (AvgIpc) is 2.75. The lowest BCUT2D eigenvalue weighted by Crippen LogP contribution is -2.10. The highest BCUT2D eigenvalue weighted by Crippen LogP contribution is 2.23. The molecule has 0 aliphatic rings. The zero-order valence-electron chi connectivity index (χ0n) is 11.7. The topological polar surface area (TPSA) is 55.9 Å². The summed E-state index contributed by atoms with van der Waals surface area (Å²) in [5.41, 5.74) is 9.76. The fourth-order valence-corrected chi connectivity index (χ4v) is 2.36. The molecule has 1 unspecified atom stereocenters. The number of imidazole rings is 1. The molecule has 0 radical (unpaired) electrons. The van der Waals surface area contributed by atoms with Crippen LogP contribution in [-0.2, 0) is 7.05 Å². The number of hydrogen-bond acceptors (Lipinski definition) is 3. The predicted molar refractivity (Wildman–Crippen MR) is 83.6 cm³/mol. The average molecular weight is 266 g/mol. The summed E-state index contributed by atoms with van der Waals surface area (Å²) in [7, 11) is 2.01. The van der Waals surface area contributed by atoms with Crippen molar-refractivity contribution in [3.05, 3.63) is 54.1 Å². The van der Waals surface area contributed by atoms with Gasteiger partial charge < -0.3 is 15.6 Å². The smallest absolute Gasteiger partial charge is 0.204 e. The fraction of sp³-hybridized carbons (Fsp3) is 0.188. The molecular weight excluding hydrogens is 248 g/mol. The summed E-state index contributed by atoms with van der Waals surface area (Å²) in [5.74, 6) is 0.849. The highest BCUT2D eigenvalue weighted by molar-refractivity contribution is 5.81. The Hall–Kier alpha value is -2.49. The summed E-state index contributed by atoms with van der Waals surface area (Å²) in [6, 6.07) is 16.3. The standard InChI is InChI=1S/C16H18N4/c1-11(12-6-4-3-5-7-12)18-16-19-14-10-13(17)8-9-15(14)20(16)2/h3-11H,17H2,1-2H3,(H,18,19). The van der Waals surface area contributed by atoms with Gasteiger partial charge in [0, 0.05) is 12.7 Å². The Bertz CT molecular complexity index is 731. The van der Waals surface area contributed by atoms with Gasteiger partial charge in [0.05, 0.1) is 17.1 Å². The van der Waals surface area contributed by atoms with E-state index >= 15 is 0 Å². The summed E-state index contributed by atoms with van der Waals surface area (Å²) < 4.78 is 2.05. The maximum Gasteiger partial charge on any atom is 0.204 e. The molecule has 4 heteroatoms. The van der Waals surface area contributed by atoms with Gasteiger partial charge in [-0.15, -0.1) is 0 Å². The van der Waals surface area contributed by atoms with Crippen LogP contribution >= 0.6 is 0 Å². The maximum atomic E-state index is 5.81. The van der Waals surface area contributed by atoms with Crippen LogP contribution in [-0.4, -0.2) is 9.55 Å². The molecule has 20 heavy (non-hydrogen) atoms. The number of hydrogen-bond donors (Lipinski definition) is 2. The van der Waals surface area contributed by atoms with Gasteiger partial charge in [0.15, 0.2) is 0 Å². The summed E-state index contributed by atoms with van der Waals surface area (Å²) in [6.07, 6.45) is 0. The molecule has 4 nitrogen and oxygen atoms in total. The molecule has 1 atom stereocenters. The fourth-order valence-electron chi connectivity index (χ4n) is 2.36. The Balaban J connectivity index is 1.93. The van der Waals surface area contributed by atoms with E-state index in [9.17, 15) is 0 Å². The first kappa shape index (κ1) is 12.5. The van der Waals surface area contributed by atoms with Gasteiger partial charge in [-0.2, -0.15) is 0 Å². The Morgan fingerprint density at radius 1 is 1.15 bits per heavy atom. The Morgan fingerprint density at radius 3 is 2.65 bits per heavy atom. The molecule has 0 amide bonds. The van der Waals surface area contributed by atoms with Crippen LogP contribution in [0.2, 0.25) is 0 Å². The van der Waals surface area contributed by atoms with Crippen LogP contribution in [0, 0.1) is 0 Å². The Labute approximate surface area is 118 Å². The first-order valence-corrected chi connectivity index (χ1v) is 6.68. The number of nitrogens with two attached hydrogens (primary N) is 1. The maximum absolute atomic E-state index is 5.81. The third-order valence-corrected chi connectivity index (χ3v) is 3.55. The van der Waals surface area contributed by atoms with E-state index in [1.807, 2.05) is 48.0 Å². The number of anilines is 2. The molecule has 102 valence electrons. The van der Waals surface area contributed by atoms with Crippen molar-refractivity contribution in [2.24, 2.45) is 7.05 Å². The van der Waals surface area contributed by atoms with Crippen LogP contribution < -0.4 is 11.1 Å². The van der Waals surface area contributed by atoms with Gasteiger partial charge in [0.25, 0.3) is 0 Å². The molecule has 0 bridgehead atoms. The number of aryl methyl sites for hydroxylation is 1. The van der Waals surface area contributed by atoms with Gasteiger partial charge in [-0.25, -0.2) is 4.98 Å². The van der Waals surface area contributed by atoms with Crippen molar-refractivity contribution in [3.8, 4) is 0 Å². The minimum atomic E-state index is 0.198. The molecule has 2 aromatic carbocycles. The van der Waals surface area contributed by atoms with Crippen molar-refractivity contribution in [3.63, 3.8) is 0 Å². The van der Waals surface area contributed by atoms with E-state index in [-0.39, 0.29) is 6.04 Å². The summed E-state index contributed by atoms with van der Waals surface area (Å²) in [4.78, 5) is 4.61. The lowest BCUT2D eigenvalue weighted by molar-refractivity contribution is 0.832. The van der Waals surface area contributed by atoms with Gasteiger partial charge in [0.1, 0.15) is 0 Å². The number of fused-ring (bicyclic) bond motifs is 1. The summed E-state index contributed by atoms with van der Waals surface area (Å²) in [5, 5.41) is 3.45. The van der Waals surface area contributed by atoms with E-state index < -0.39 is 0 Å². The highest BCUT2D eigenvalue weighted by atomic mass is 15.2. The van der Waals surface area contributed by atoms with Crippen molar-refractivity contribution in [1.29, 1.82) is 0 Å². The van der Waals surface area contributed by atoms with Crippen molar-refractivity contribution in [2.75, 3.05) is 11.1 Å². The van der Waals surface area contributed by atoms with Crippen molar-refractivity contribution in [1.82, 2.24) is 9.55 Å². The van der Waals surface area contributed by atoms with Crippen LogP contribution in [0.4, 0.5) is 11.6 Å². The van der Waals surface area contributed by atoms with E-state index in [1.54, 1.807) is 0 Å². The number of benzene rings is 2. The Kier molecular flexibility index (Phi) is 3.06. The number of nitrogens with zero attached hydrogens (tertiary/aromatic N) is 2. The molecule has 0 aliphatic heterocycles. The molecule has 1 heterocycles. The third-order valence-electron chi connectivity index (χ3n) is 3.55. The van der Waals surface area contributed by atoms with Crippen molar-refractivity contribution < 1.29 is 0 Å². The number of rotatable bonds is 3. The minimum absolute atomic E-state index is 0.198. The van der Waals surface area contributed by atoms with Crippen molar-refractivity contribution >= 4 is 22.7 Å². The molecule has 0 aliphatic carbocycles. The second kappa shape index (κ2) is 4.89. The number of nitrogens with one attached hydrogen (secondary N) is 1. The van der Waals surface area contributed by atoms with Crippen LogP contribution in [0.3, 0.4) is 0 Å². The van der Waals surface area contributed by atoms with E-state index in [0.29, 0.717) is 0 Å². The molecule has 1 aromatic heterocycles. The van der Waals surface area contributed by atoms with Crippen LogP contribution in [0.25, 0.3) is 11.0 Å². The van der Waals surface area contributed by atoms with E-state index in [2.05, 4.69) is 29.4 Å². The molecule has 0 saturated carbocycles. The van der Waals surface area contributed by atoms with Gasteiger partial charge in [-0.1, -0.05) is 30.3 Å². The van der Waals surface area contributed by atoms with E-state index in [1.165, 1.54) is 5.56 Å². The second-order valence-electron chi connectivity index (χ2n) is 5.02. The van der Waals surface area contributed by atoms with Gasteiger partial charge >= 0.3 is 0 Å². The van der Waals surface area contributed by atoms with Gasteiger partial charge in [-0.05, 0) is 30.7 Å². The quantitative estimate of drug-likeness (QED) is 0.715. The number of aromatic nitrogens is 2. The SMILES string of the molecule is CC(Nc1nc2cc(N)ccc2n1C)c1ccccc1. The molecule has 3 N–H and O–H groups in total. The summed E-state index contributed by atoms with van der Waals surface area (Å²) >= 11 is 0. The molecular formula is C16H18N4. The van der Waals surface area contributed by atoms with Crippen LogP contribution in [0.1, 0.15) is 18.5 Å². The van der Waals surface area contributed by atoms with E-state index in [4.69, 9.17) is 5.73 Å². The van der Waals surface area contributed by atoms with Gasteiger partial charge in [0.2, 0.25) is 5.95 Å². The first-order valence-electron chi connectivity index (χ1n) is 6.68. The molecule has 0 spiro atoms. The summed E-state index contributed by atoms with van der Waals surface area (Å²) in [6.45, 7) is 2.13. The lowest BCUT2D eigenvalue weighted by atomic mass is 10.1. The van der Waals surface area contributed by atoms with E-state index in [0.717, 1.165) is 22.7 Å². The zero-order valence-corrected chi connectivity index (χ0v) is 11.7. The minimum Gasteiger partial charge on any atom is -0.399 e. The molecule has 0 saturated heterocycles. The normalized spacial score (nSPS) is 12.5. The number of nitrogen functional groups attached to an aromatic ring is 1. The molecule has 0 fully saturated rings. The largest absolute Gasteiger partial charge is 0.399 e. The van der Waals surface area contributed by atoms with Crippen LogP contribution in [0.5, 0.6) is 0 Å². The first-order chi connectivity index (χ1) is 9.65. The highest BCUT2D eigenvalue weighted by Gasteiger charge is 2.11. The van der Waals surface area contributed by atoms with Crippen molar-refractivity contribution in [2.45, 2.75) is 13.0 Å².